The van der Waals surface area contributed by atoms with E-state index in [1.807, 2.05) is 48.5 Å². The summed E-state index contributed by atoms with van der Waals surface area (Å²) >= 11 is 5.58. The SMILES string of the molecule is COc1c(F)cc(C(=O)N2CSc3ccccc32)cc1F.Nc1ccccc1S. The maximum Gasteiger partial charge on any atom is 0.259 e. The number of ether oxygens (including phenoxy) is 1. The number of nitrogens with two attached hydrogens (primary N) is 1. The summed E-state index contributed by atoms with van der Waals surface area (Å²) in [6.07, 6.45) is 0. The second-order valence-electron chi connectivity index (χ2n) is 6.01. The minimum atomic E-state index is -0.888. The summed E-state index contributed by atoms with van der Waals surface area (Å²) < 4.78 is 32.0. The van der Waals surface area contributed by atoms with Crippen molar-refractivity contribution >= 4 is 41.7 Å². The van der Waals surface area contributed by atoms with Gasteiger partial charge >= 0.3 is 0 Å². The third-order valence-electron chi connectivity index (χ3n) is 4.14. The number of carbonyl (C=O) groups excluding carboxylic acids is 1. The minimum Gasteiger partial charge on any atom is -0.491 e. The summed E-state index contributed by atoms with van der Waals surface area (Å²) in [5.74, 6) is -2.27. The molecular weight excluding hydrogens is 414 g/mol. The number of anilines is 2. The summed E-state index contributed by atoms with van der Waals surface area (Å²) in [6.45, 7) is 0. The predicted octanol–water partition coefficient (Wildman–Crippen LogP) is 5.24. The van der Waals surface area contributed by atoms with E-state index in [0.29, 0.717) is 5.88 Å². The van der Waals surface area contributed by atoms with E-state index in [9.17, 15) is 13.6 Å². The molecule has 1 aliphatic rings. The Morgan fingerprint density at radius 2 is 1.72 bits per heavy atom. The summed E-state index contributed by atoms with van der Waals surface area (Å²) in [5.41, 5.74) is 6.89. The van der Waals surface area contributed by atoms with E-state index >= 15 is 0 Å². The molecule has 8 heteroatoms. The van der Waals surface area contributed by atoms with Crippen molar-refractivity contribution in [2.75, 3.05) is 23.6 Å². The smallest absolute Gasteiger partial charge is 0.259 e. The zero-order valence-corrected chi connectivity index (χ0v) is 17.1. The van der Waals surface area contributed by atoms with E-state index in [2.05, 4.69) is 17.4 Å². The molecule has 3 aromatic rings. The molecule has 0 aliphatic carbocycles. The molecule has 4 rings (SSSR count). The molecular formula is C21H18F2N2O2S2. The van der Waals surface area contributed by atoms with Gasteiger partial charge in [0.1, 0.15) is 0 Å². The summed E-state index contributed by atoms with van der Waals surface area (Å²) in [6, 6.07) is 16.9. The highest BCUT2D eigenvalue weighted by Crippen LogP contribution is 2.39. The van der Waals surface area contributed by atoms with Crippen LogP contribution in [-0.2, 0) is 0 Å². The van der Waals surface area contributed by atoms with Crippen LogP contribution in [0.1, 0.15) is 10.4 Å². The summed E-state index contributed by atoms with van der Waals surface area (Å²) in [5, 5.41) is 0. The van der Waals surface area contributed by atoms with Crippen LogP contribution >= 0.6 is 24.4 Å². The third-order valence-corrected chi connectivity index (χ3v) is 5.59. The van der Waals surface area contributed by atoms with Crippen LogP contribution in [0.2, 0.25) is 0 Å². The lowest BCUT2D eigenvalue weighted by Gasteiger charge is -2.17. The van der Waals surface area contributed by atoms with E-state index in [1.165, 1.54) is 23.8 Å². The zero-order chi connectivity index (χ0) is 21.0. The van der Waals surface area contributed by atoms with Crippen LogP contribution in [0, 0.1) is 11.6 Å². The van der Waals surface area contributed by atoms with Gasteiger partial charge in [0, 0.05) is 21.0 Å². The highest BCUT2D eigenvalue weighted by atomic mass is 32.2. The Morgan fingerprint density at radius 1 is 1.10 bits per heavy atom. The average molecular weight is 433 g/mol. The van der Waals surface area contributed by atoms with Crippen molar-refractivity contribution < 1.29 is 18.3 Å². The van der Waals surface area contributed by atoms with E-state index in [0.717, 1.165) is 33.3 Å². The van der Waals surface area contributed by atoms with Crippen LogP contribution in [0.25, 0.3) is 0 Å². The van der Waals surface area contributed by atoms with Gasteiger partial charge in [0.05, 0.1) is 18.7 Å². The summed E-state index contributed by atoms with van der Waals surface area (Å²) in [7, 11) is 1.18. The highest BCUT2D eigenvalue weighted by Gasteiger charge is 2.27. The van der Waals surface area contributed by atoms with Gasteiger partial charge in [-0.15, -0.1) is 24.4 Å². The fourth-order valence-electron chi connectivity index (χ4n) is 2.70. The molecule has 0 atom stereocenters. The molecule has 3 aromatic carbocycles. The Morgan fingerprint density at radius 3 is 2.31 bits per heavy atom. The second-order valence-corrected chi connectivity index (χ2v) is 7.47. The van der Waals surface area contributed by atoms with E-state index in [1.54, 1.807) is 0 Å². The molecule has 0 saturated carbocycles. The number of fused-ring (bicyclic) bond motifs is 1. The fraction of sp³-hybridized carbons (Fsp3) is 0.0952. The number of amides is 1. The number of hydrogen-bond acceptors (Lipinski definition) is 5. The van der Waals surface area contributed by atoms with Crippen molar-refractivity contribution in [1.29, 1.82) is 0 Å². The van der Waals surface area contributed by atoms with Gasteiger partial charge in [0.15, 0.2) is 17.4 Å². The fourth-order valence-corrected chi connectivity index (χ4v) is 3.88. The van der Waals surface area contributed by atoms with Crippen molar-refractivity contribution in [3.05, 3.63) is 77.9 Å². The van der Waals surface area contributed by atoms with Gasteiger partial charge in [-0.2, -0.15) is 0 Å². The van der Waals surface area contributed by atoms with Crippen molar-refractivity contribution in [2.24, 2.45) is 0 Å². The molecule has 1 aliphatic heterocycles. The van der Waals surface area contributed by atoms with Gasteiger partial charge in [-0.25, -0.2) is 8.78 Å². The number of thioether (sulfide) groups is 1. The first-order valence-electron chi connectivity index (χ1n) is 8.52. The van der Waals surface area contributed by atoms with E-state index in [4.69, 9.17) is 5.73 Å². The number of thiol groups is 1. The van der Waals surface area contributed by atoms with Crippen LogP contribution < -0.4 is 15.4 Å². The Labute approximate surface area is 177 Å². The number of rotatable bonds is 2. The summed E-state index contributed by atoms with van der Waals surface area (Å²) in [4.78, 5) is 15.8. The lowest BCUT2D eigenvalue weighted by molar-refractivity contribution is 0.0991. The molecule has 1 heterocycles. The molecule has 0 fully saturated rings. The molecule has 0 bridgehead atoms. The molecule has 0 spiro atoms. The topological polar surface area (TPSA) is 55.6 Å². The van der Waals surface area contributed by atoms with Crippen molar-refractivity contribution in [1.82, 2.24) is 0 Å². The van der Waals surface area contributed by atoms with Gasteiger partial charge in [-0.3, -0.25) is 9.69 Å². The van der Waals surface area contributed by atoms with Crippen molar-refractivity contribution in [3.63, 3.8) is 0 Å². The predicted molar refractivity (Wildman–Crippen MR) is 115 cm³/mol. The standard InChI is InChI=1S/C15H11F2NO2S.C6H7NS/c1-20-14-10(16)6-9(7-11(14)17)15(19)18-8-21-13-5-3-2-4-12(13)18;7-5-3-1-2-4-6(5)8/h2-7H,8H2,1H3;1-4,8H,7H2. The number of para-hydroxylation sites is 2. The van der Waals surface area contributed by atoms with Crippen LogP contribution in [0.15, 0.2) is 70.5 Å². The number of nitrogens with zero attached hydrogens (tertiary/aromatic N) is 1. The Balaban J connectivity index is 0.000000252. The normalized spacial score (nSPS) is 12.1. The number of halogens is 2. The third kappa shape index (κ3) is 4.65. The molecule has 4 nitrogen and oxygen atoms in total. The van der Waals surface area contributed by atoms with Crippen LogP contribution in [-0.4, -0.2) is 18.9 Å². The molecule has 0 radical (unpaired) electrons. The Kier molecular flexibility index (Phi) is 6.66. The number of carbonyl (C=O) groups is 1. The van der Waals surface area contributed by atoms with Gasteiger partial charge in [0.25, 0.3) is 5.91 Å². The van der Waals surface area contributed by atoms with Crippen molar-refractivity contribution in [2.45, 2.75) is 9.79 Å². The second kappa shape index (κ2) is 9.19. The van der Waals surface area contributed by atoms with Crippen LogP contribution in [0.4, 0.5) is 20.2 Å². The first-order valence-corrected chi connectivity index (χ1v) is 9.96. The van der Waals surface area contributed by atoms with Gasteiger partial charge < -0.3 is 10.5 Å². The Bertz CT molecular complexity index is 1000. The quantitative estimate of drug-likeness (QED) is 0.430. The molecule has 0 unspecified atom stereocenters. The van der Waals surface area contributed by atoms with Gasteiger partial charge in [-0.1, -0.05) is 24.3 Å². The lowest BCUT2D eigenvalue weighted by Crippen LogP contribution is -2.28. The number of nitrogen functional groups attached to an aromatic ring is 1. The van der Waals surface area contributed by atoms with E-state index in [-0.39, 0.29) is 5.56 Å². The number of hydrogen-bond donors (Lipinski definition) is 2. The van der Waals surface area contributed by atoms with Crippen LogP contribution in [0.3, 0.4) is 0 Å². The van der Waals surface area contributed by atoms with Crippen molar-refractivity contribution in [3.8, 4) is 5.75 Å². The molecule has 2 N–H and O–H groups in total. The maximum absolute atomic E-state index is 13.7. The largest absolute Gasteiger partial charge is 0.491 e. The highest BCUT2D eigenvalue weighted by molar-refractivity contribution is 8.00. The van der Waals surface area contributed by atoms with Gasteiger partial charge in [-0.05, 0) is 36.4 Å². The van der Waals surface area contributed by atoms with Gasteiger partial charge in [0.2, 0.25) is 0 Å². The monoisotopic (exact) mass is 432 g/mol. The first-order chi connectivity index (χ1) is 13.9. The molecule has 29 heavy (non-hydrogen) atoms. The molecule has 0 saturated heterocycles. The van der Waals surface area contributed by atoms with E-state index < -0.39 is 23.3 Å². The molecule has 150 valence electrons. The molecule has 0 aromatic heterocycles. The average Bonchev–Trinajstić information content (AvgIpc) is 3.14. The number of methoxy groups -OCH3 is 1. The molecule has 1 amide bonds. The van der Waals surface area contributed by atoms with Crippen LogP contribution in [0.5, 0.6) is 5.75 Å². The Hall–Kier alpha value is -2.71. The minimum absolute atomic E-state index is 0.0388. The maximum atomic E-state index is 13.7. The number of benzene rings is 3. The zero-order valence-electron chi connectivity index (χ0n) is 15.4. The first kappa shape index (κ1) is 21.0. The lowest BCUT2D eigenvalue weighted by atomic mass is 10.1.